The van der Waals surface area contributed by atoms with Gasteiger partial charge in [0.15, 0.2) is 0 Å². The first-order valence-corrected chi connectivity index (χ1v) is 6.99. The van der Waals surface area contributed by atoms with Gasteiger partial charge in [-0.3, -0.25) is 10.1 Å². The average Bonchev–Trinajstić information content (AvgIpc) is 2.45. The molecule has 1 rings (SSSR count). The van der Waals surface area contributed by atoms with Gasteiger partial charge in [0.25, 0.3) is 0 Å². The van der Waals surface area contributed by atoms with Crippen LogP contribution in [0.15, 0.2) is 30.3 Å². The molecule has 0 spiro atoms. The fourth-order valence-electron chi connectivity index (χ4n) is 2.11. The second-order valence-corrected chi connectivity index (χ2v) is 5.12. The number of methoxy groups -OCH3 is 1. The quantitative estimate of drug-likeness (QED) is 0.578. The molecule has 1 unspecified atom stereocenters. The van der Waals surface area contributed by atoms with Gasteiger partial charge in [0.2, 0.25) is 0 Å². The molecule has 0 saturated carbocycles. The molecule has 0 fully saturated rings. The summed E-state index contributed by atoms with van der Waals surface area (Å²) in [6.45, 7) is 4.77. The number of unbranched alkanes of at least 4 members (excludes halogenated alkanes) is 2. The van der Waals surface area contributed by atoms with Crippen LogP contribution in [0.2, 0.25) is 0 Å². The number of ether oxygens (including phenoxy) is 1. The molecule has 0 heterocycles. The summed E-state index contributed by atoms with van der Waals surface area (Å²) in [5, 5.41) is 3.35. The van der Waals surface area contributed by atoms with Crippen molar-refractivity contribution in [1.29, 1.82) is 0 Å². The van der Waals surface area contributed by atoms with Gasteiger partial charge in [0, 0.05) is 6.54 Å². The predicted molar refractivity (Wildman–Crippen MR) is 77.8 cm³/mol. The molecule has 0 aliphatic heterocycles. The Morgan fingerprint density at radius 2 is 1.95 bits per heavy atom. The summed E-state index contributed by atoms with van der Waals surface area (Å²) in [6, 6.07) is 10.1. The van der Waals surface area contributed by atoms with Crippen LogP contribution in [0.25, 0.3) is 0 Å². The summed E-state index contributed by atoms with van der Waals surface area (Å²) in [5.74, 6) is -0.181. The van der Waals surface area contributed by atoms with Gasteiger partial charge in [0.1, 0.15) is 5.54 Å². The largest absolute Gasteiger partial charge is 0.468 e. The van der Waals surface area contributed by atoms with E-state index in [1.807, 2.05) is 25.1 Å². The fraction of sp³-hybridized carbons (Fsp3) is 0.562. The maximum atomic E-state index is 12.0. The topological polar surface area (TPSA) is 38.3 Å². The van der Waals surface area contributed by atoms with Crippen molar-refractivity contribution >= 4 is 5.97 Å². The Balaban J connectivity index is 2.61. The van der Waals surface area contributed by atoms with Crippen LogP contribution in [0.3, 0.4) is 0 Å². The summed E-state index contributed by atoms with van der Waals surface area (Å²) in [5.41, 5.74) is 0.577. The number of benzene rings is 1. The maximum Gasteiger partial charge on any atom is 0.325 e. The predicted octanol–water partition coefficient (Wildman–Crippen LogP) is 3.29. The summed E-state index contributed by atoms with van der Waals surface area (Å²) in [7, 11) is 1.45. The van der Waals surface area contributed by atoms with Gasteiger partial charge in [0.05, 0.1) is 7.11 Å². The van der Waals surface area contributed by atoms with E-state index >= 15 is 0 Å². The highest BCUT2D eigenvalue weighted by molar-refractivity contribution is 5.80. The summed E-state index contributed by atoms with van der Waals surface area (Å²) in [4.78, 5) is 12.0. The van der Waals surface area contributed by atoms with Gasteiger partial charge >= 0.3 is 5.97 Å². The monoisotopic (exact) mass is 263 g/mol. The normalized spacial score (nSPS) is 13.8. The van der Waals surface area contributed by atoms with E-state index in [1.54, 1.807) is 0 Å². The SMILES string of the molecule is CCCCCC(C)(NCc1ccccc1)C(=O)OC. The molecule has 0 saturated heterocycles. The lowest BCUT2D eigenvalue weighted by atomic mass is 9.94. The number of nitrogens with one attached hydrogen (secondary N) is 1. The van der Waals surface area contributed by atoms with Crippen molar-refractivity contribution in [2.75, 3.05) is 7.11 Å². The standard InChI is InChI=1S/C16H25NO2/c1-4-5-9-12-16(2,15(18)19-3)17-13-14-10-7-6-8-11-14/h6-8,10-11,17H,4-5,9,12-13H2,1-3H3. The van der Waals surface area contributed by atoms with Crippen molar-refractivity contribution in [2.24, 2.45) is 0 Å². The lowest BCUT2D eigenvalue weighted by Crippen LogP contribution is -2.49. The van der Waals surface area contributed by atoms with Crippen LogP contribution in [0.1, 0.15) is 45.1 Å². The molecule has 0 aliphatic rings. The van der Waals surface area contributed by atoms with Crippen molar-refractivity contribution in [3.8, 4) is 0 Å². The molecule has 1 aromatic rings. The lowest BCUT2D eigenvalue weighted by molar-refractivity contribution is -0.148. The van der Waals surface area contributed by atoms with E-state index in [0.29, 0.717) is 6.54 Å². The minimum Gasteiger partial charge on any atom is -0.468 e. The molecular formula is C16H25NO2. The summed E-state index contributed by atoms with van der Waals surface area (Å²) in [6.07, 6.45) is 4.12. The smallest absolute Gasteiger partial charge is 0.325 e. The number of carbonyl (C=O) groups is 1. The van der Waals surface area contributed by atoms with Gasteiger partial charge in [-0.1, -0.05) is 56.5 Å². The van der Waals surface area contributed by atoms with E-state index in [4.69, 9.17) is 4.74 Å². The molecule has 0 aromatic heterocycles. The van der Waals surface area contributed by atoms with Gasteiger partial charge in [-0.25, -0.2) is 0 Å². The Hall–Kier alpha value is -1.35. The number of rotatable bonds is 8. The summed E-state index contributed by atoms with van der Waals surface area (Å²) < 4.78 is 4.93. The maximum absolute atomic E-state index is 12.0. The van der Waals surface area contributed by atoms with Gasteiger partial charge in [-0.2, -0.15) is 0 Å². The Kier molecular flexibility index (Phi) is 6.57. The molecule has 0 bridgehead atoms. The van der Waals surface area contributed by atoms with Crippen LogP contribution in [0.4, 0.5) is 0 Å². The van der Waals surface area contributed by atoms with Crippen LogP contribution in [0.5, 0.6) is 0 Å². The third-order valence-electron chi connectivity index (χ3n) is 3.44. The first-order chi connectivity index (χ1) is 9.12. The number of hydrogen-bond acceptors (Lipinski definition) is 3. The average molecular weight is 263 g/mol. The fourth-order valence-corrected chi connectivity index (χ4v) is 2.11. The number of hydrogen-bond donors (Lipinski definition) is 1. The molecule has 0 amide bonds. The minimum atomic E-state index is -0.597. The van der Waals surface area contributed by atoms with E-state index < -0.39 is 5.54 Å². The van der Waals surface area contributed by atoms with Crippen LogP contribution in [-0.2, 0) is 16.1 Å². The molecular weight excluding hydrogens is 238 g/mol. The molecule has 0 radical (unpaired) electrons. The van der Waals surface area contributed by atoms with Crippen LogP contribution in [0, 0.1) is 0 Å². The molecule has 3 heteroatoms. The zero-order valence-corrected chi connectivity index (χ0v) is 12.2. The molecule has 1 aromatic carbocycles. The molecule has 106 valence electrons. The Bertz CT molecular complexity index is 378. The van der Waals surface area contributed by atoms with Gasteiger partial charge < -0.3 is 4.74 Å². The van der Waals surface area contributed by atoms with Crippen LogP contribution in [-0.4, -0.2) is 18.6 Å². The Morgan fingerprint density at radius 1 is 1.26 bits per heavy atom. The van der Waals surface area contributed by atoms with E-state index in [9.17, 15) is 4.79 Å². The van der Waals surface area contributed by atoms with Crippen molar-refractivity contribution < 1.29 is 9.53 Å². The highest BCUT2D eigenvalue weighted by Gasteiger charge is 2.32. The zero-order chi connectivity index (χ0) is 14.1. The van der Waals surface area contributed by atoms with Crippen LogP contribution >= 0.6 is 0 Å². The lowest BCUT2D eigenvalue weighted by Gasteiger charge is -2.28. The third kappa shape index (κ3) is 5.03. The first kappa shape index (κ1) is 15.7. The zero-order valence-electron chi connectivity index (χ0n) is 12.2. The van der Waals surface area contributed by atoms with Crippen molar-refractivity contribution in [1.82, 2.24) is 5.32 Å². The highest BCUT2D eigenvalue weighted by Crippen LogP contribution is 2.17. The number of esters is 1. The number of carbonyl (C=O) groups excluding carboxylic acids is 1. The molecule has 1 N–H and O–H groups in total. The van der Waals surface area contributed by atoms with E-state index in [-0.39, 0.29) is 5.97 Å². The minimum absolute atomic E-state index is 0.181. The van der Waals surface area contributed by atoms with E-state index in [1.165, 1.54) is 12.7 Å². The van der Waals surface area contributed by atoms with E-state index in [0.717, 1.165) is 25.7 Å². The van der Waals surface area contributed by atoms with Crippen molar-refractivity contribution in [2.45, 2.75) is 51.6 Å². The van der Waals surface area contributed by atoms with Gasteiger partial charge in [-0.05, 0) is 18.9 Å². The van der Waals surface area contributed by atoms with E-state index in [2.05, 4.69) is 24.4 Å². The third-order valence-corrected chi connectivity index (χ3v) is 3.44. The molecule has 1 atom stereocenters. The first-order valence-electron chi connectivity index (χ1n) is 6.99. The molecule has 3 nitrogen and oxygen atoms in total. The second-order valence-electron chi connectivity index (χ2n) is 5.12. The summed E-state index contributed by atoms with van der Waals surface area (Å²) >= 11 is 0. The second kappa shape index (κ2) is 7.95. The van der Waals surface area contributed by atoms with Crippen molar-refractivity contribution in [3.63, 3.8) is 0 Å². The van der Waals surface area contributed by atoms with Gasteiger partial charge in [-0.15, -0.1) is 0 Å². The highest BCUT2D eigenvalue weighted by atomic mass is 16.5. The molecule has 19 heavy (non-hydrogen) atoms. The Labute approximate surface area is 116 Å². The Morgan fingerprint density at radius 3 is 2.53 bits per heavy atom. The van der Waals surface area contributed by atoms with Crippen molar-refractivity contribution in [3.05, 3.63) is 35.9 Å². The van der Waals surface area contributed by atoms with Crippen LogP contribution < -0.4 is 5.32 Å². The molecule has 0 aliphatic carbocycles.